The number of rotatable bonds is 5. The van der Waals surface area contributed by atoms with Gasteiger partial charge in [-0.25, -0.2) is 0 Å². The number of hydrogen-bond donors (Lipinski definition) is 0. The fourth-order valence-corrected chi connectivity index (χ4v) is 3.34. The molecule has 1 saturated heterocycles. The largest absolute Gasteiger partial charge is 0.338 e. The van der Waals surface area contributed by atoms with Crippen LogP contribution in [0, 0.1) is 0 Å². The lowest BCUT2D eigenvalue weighted by Crippen LogP contribution is -2.34. The van der Waals surface area contributed by atoms with Gasteiger partial charge in [-0.05, 0) is 49.1 Å². The standard InChI is InChI=1S/C20H22ClN3O2/c1-14-12-24(20(26)18(14)7-6-15(2)21)17-9-16(10-22-11-17)13-23-8-4-3-5-19(23)25/h6-7,9-11H,2-5,8,12-13H2,1H3/b7-6-. The third-order valence-electron chi connectivity index (χ3n) is 4.65. The molecule has 0 aromatic carbocycles. The predicted octanol–water partition coefficient (Wildman–Crippen LogP) is 3.57. The molecule has 0 saturated carbocycles. The SMILES string of the molecule is C=C(Cl)/C=C\C1=C(C)CN(c2cncc(CN3CCCCC3=O)c2)C1=O. The second-order valence-electron chi connectivity index (χ2n) is 6.69. The van der Waals surface area contributed by atoms with Crippen molar-refractivity contribution < 1.29 is 9.59 Å². The number of carbonyl (C=O) groups excluding carboxylic acids is 2. The highest BCUT2D eigenvalue weighted by Crippen LogP contribution is 2.27. The van der Waals surface area contributed by atoms with E-state index in [1.807, 2.05) is 17.9 Å². The van der Waals surface area contributed by atoms with Crippen molar-refractivity contribution in [3.8, 4) is 0 Å². The number of allylic oxidation sites excluding steroid dienone is 2. The summed E-state index contributed by atoms with van der Waals surface area (Å²) in [5.41, 5.74) is 3.27. The summed E-state index contributed by atoms with van der Waals surface area (Å²) < 4.78 is 0. The molecule has 0 N–H and O–H groups in total. The molecule has 26 heavy (non-hydrogen) atoms. The first-order chi connectivity index (χ1) is 12.5. The molecule has 2 amide bonds. The van der Waals surface area contributed by atoms with E-state index in [0.717, 1.165) is 36.2 Å². The van der Waals surface area contributed by atoms with E-state index in [9.17, 15) is 9.59 Å². The molecule has 5 nitrogen and oxygen atoms in total. The van der Waals surface area contributed by atoms with E-state index < -0.39 is 0 Å². The third kappa shape index (κ3) is 4.05. The Kier molecular flexibility index (Phi) is 5.57. The van der Waals surface area contributed by atoms with Gasteiger partial charge < -0.3 is 9.80 Å². The average molecular weight is 372 g/mol. The molecule has 1 aromatic heterocycles. The summed E-state index contributed by atoms with van der Waals surface area (Å²) in [6.45, 7) is 7.37. The fraction of sp³-hybridized carbons (Fsp3) is 0.350. The number of likely N-dealkylation sites (tertiary alicyclic amines) is 1. The van der Waals surface area contributed by atoms with Crippen LogP contribution in [0.15, 0.2) is 53.4 Å². The van der Waals surface area contributed by atoms with Crippen molar-refractivity contribution in [3.63, 3.8) is 0 Å². The van der Waals surface area contributed by atoms with Crippen LogP contribution >= 0.6 is 11.6 Å². The number of amides is 2. The normalized spacial score (nSPS) is 18.4. The first-order valence-electron chi connectivity index (χ1n) is 8.71. The van der Waals surface area contributed by atoms with Crippen molar-refractivity contribution >= 4 is 29.1 Å². The molecule has 0 aliphatic carbocycles. The molecular formula is C20H22ClN3O2. The number of hydrogen-bond acceptors (Lipinski definition) is 3. The van der Waals surface area contributed by atoms with Crippen molar-refractivity contribution in [3.05, 3.63) is 58.9 Å². The number of anilines is 1. The zero-order valence-corrected chi connectivity index (χ0v) is 15.6. The summed E-state index contributed by atoms with van der Waals surface area (Å²) in [6.07, 6.45) is 9.38. The van der Waals surface area contributed by atoms with Crippen molar-refractivity contribution in [2.45, 2.75) is 32.7 Å². The zero-order chi connectivity index (χ0) is 18.7. The second-order valence-corrected chi connectivity index (χ2v) is 7.17. The lowest BCUT2D eigenvalue weighted by molar-refractivity contribution is -0.133. The molecule has 2 aliphatic rings. The maximum absolute atomic E-state index is 12.7. The molecule has 0 atom stereocenters. The Bertz CT molecular complexity index is 813. The number of halogens is 1. The number of nitrogens with zero attached hydrogens (tertiary/aromatic N) is 3. The van der Waals surface area contributed by atoms with Crippen LogP contribution < -0.4 is 4.90 Å². The van der Waals surface area contributed by atoms with Gasteiger partial charge in [0.2, 0.25) is 5.91 Å². The van der Waals surface area contributed by atoms with E-state index in [4.69, 9.17) is 11.6 Å². The minimum absolute atomic E-state index is 0.0790. The molecule has 2 aliphatic heterocycles. The van der Waals surface area contributed by atoms with Crippen LogP contribution in [-0.4, -0.2) is 34.8 Å². The molecule has 0 bridgehead atoms. The third-order valence-corrected chi connectivity index (χ3v) is 4.77. The highest BCUT2D eigenvalue weighted by Gasteiger charge is 2.28. The maximum atomic E-state index is 12.7. The lowest BCUT2D eigenvalue weighted by Gasteiger charge is -2.27. The quantitative estimate of drug-likeness (QED) is 0.743. The summed E-state index contributed by atoms with van der Waals surface area (Å²) in [4.78, 5) is 32.6. The van der Waals surface area contributed by atoms with Gasteiger partial charge in [-0.1, -0.05) is 18.2 Å². The van der Waals surface area contributed by atoms with Gasteiger partial charge in [0.05, 0.1) is 11.9 Å². The van der Waals surface area contributed by atoms with E-state index in [2.05, 4.69) is 11.6 Å². The van der Waals surface area contributed by atoms with Crippen LogP contribution in [0.5, 0.6) is 0 Å². The van der Waals surface area contributed by atoms with Gasteiger partial charge in [0.25, 0.3) is 5.91 Å². The molecule has 0 unspecified atom stereocenters. The van der Waals surface area contributed by atoms with Crippen LogP contribution in [0.1, 0.15) is 31.7 Å². The Morgan fingerprint density at radius 3 is 2.88 bits per heavy atom. The van der Waals surface area contributed by atoms with E-state index in [1.54, 1.807) is 29.4 Å². The van der Waals surface area contributed by atoms with Gasteiger partial charge >= 0.3 is 0 Å². The van der Waals surface area contributed by atoms with Gasteiger partial charge in [-0.3, -0.25) is 14.6 Å². The molecule has 0 radical (unpaired) electrons. The fourth-order valence-electron chi connectivity index (χ4n) is 3.28. The average Bonchev–Trinajstić information content (AvgIpc) is 2.89. The Hall–Kier alpha value is -2.40. The summed E-state index contributed by atoms with van der Waals surface area (Å²) in [5.74, 6) is 0.106. The topological polar surface area (TPSA) is 53.5 Å². The summed E-state index contributed by atoms with van der Waals surface area (Å²) in [7, 11) is 0. The van der Waals surface area contributed by atoms with Gasteiger partial charge in [-0.15, -0.1) is 0 Å². The number of carbonyl (C=O) groups is 2. The monoisotopic (exact) mass is 371 g/mol. The van der Waals surface area contributed by atoms with Crippen molar-refractivity contribution in [2.24, 2.45) is 0 Å². The zero-order valence-electron chi connectivity index (χ0n) is 14.9. The van der Waals surface area contributed by atoms with Gasteiger partial charge in [-0.2, -0.15) is 0 Å². The molecule has 0 spiro atoms. The van der Waals surface area contributed by atoms with Crippen molar-refractivity contribution in [1.29, 1.82) is 0 Å². The Balaban J connectivity index is 1.75. The van der Waals surface area contributed by atoms with E-state index in [-0.39, 0.29) is 11.8 Å². The Morgan fingerprint density at radius 1 is 1.35 bits per heavy atom. The summed E-state index contributed by atoms with van der Waals surface area (Å²) in [5, 5.41) is 0.381. The molecule has 3 rings (SSSR count). The lowest BCUT2D eigenvalue weighted by atomic mass is 10.1. The second kappa shape index (κ2) is 7.87. The van der Waals surface area contributed by atoms with Crippen LogP contribution in [0.3, 0.4) is 0 Å². The van der Waals surface area contributed by atoms with Crippen LogP contribution in [-0.2, 0) is 16.1 Å². The van der Waals surface area contributed by atoms with E-state index >= 15 is 0 Å². The summed E-state index contributed by atoms with van der Waals surface area (Å²) in [6, 6.07) is 1.94. The van der Waals surface area contributed by atoms with E-state index in [0.29, 0.717) is 30.1 Å². The first-order valence-corrected chi connectivity index (χ1v) is 9.09. The maximum Gasteiger partial charge on any atom is 0.258 e. The number of aromatic nitrogens is 1. The van der Waals surface area contributed by atoms with E-state index in [1.165, 1.54) is 0 Å². The predicted molar refractivity (Wildman–Crippen MR) is 103 cm³/mol. The molecule has 1 fully saturated rings. The first kappa shape index (κ1) is 18.4. The van der Waals surface area contributed by atoms with Crippen LogP contribution in [0.25, 0.3) is 0 Å². The molecule has 3 heterocycles. The summed E-state index contributed by atoms with van der Waals surface area (Å²) >= 11 is 5.76. The van der Waals surface area contributed by atoms with Crippen molar-refractivity contribution in [2.75, 3.05) is 18.0 Å². The molecule has 6 heteroatoms. The van der Waals surface area contributed by atoms with Crippen LogP contribution in [0.4, 0.5) is 5.69 Å². The Morgan fingerprint density at radius 2 is 2.15 bits per heavy atom. The van der Waals surface area contributed by atoms with Gasteiger partial charge in [0, 0.05) is 42.9 Å². The minimum atomic E-state index is -0.0790. The highest BCUT2D eigenvalue weighted by molar-refractivity contribution is 6.31. The van der Waals surface area contributed by atoms with Gasteiger partial charge in [0.1, 0.15) is 0 Å². The smallest absolute Gasteiger partial charge is 0.258 e. The number of pyridine rings is 1. The van der Waals surface area contributed by atoms with Crippen molar-refractivity contribution in [1.82, 2.24) is 9.88 Å². The minimum Gasteiger partial charge on any atom is -0.338 e. The number of piperidine rings is 1. The Labute approximate surface area is 158 Å². The highest BCUT2D eigenvalue weighted by atomic mass is 35.5. The molecular weight excluding hydrogens is 350 g/mol. The molecule has 1 aromatic rings. The van der Waals surface area contributed by atoms with Crippen LogP contribution in [0.2, 0.25) is 0 Å². The molecule has 136 valence electrons. The van der Waals surface area contributed by atoms with Gasteiger partial charge in [0.15, 0.2) is 0 Å².